The molecule has 0 radical (unpaired) electrons. The number of nitrogens with zero attached hydrogens (tertiary/aromatic N) is 2. The van der Waals surface area contributed by atoms with Gasteiger partial charge in [-0.05, 0) is 77.1 Å². The number of nitrogens with two attached hydrogens (primary N) is 1. The Morgan fingerprint density at radius 2 is 1.62 bits per heavy atom. The van der Waals surface area contributed by atoms with Gasteiger partial charge in [0, 0.05) is 23.2 Å². The van der Waals surface area contributed by atoms with Crippen LogP contribution in [0.25, 0.3) is 27.6 Å². The van der Waals surface area contributed by atoms with E-state index in [0.29, 0.717) is 12.1 Å². The van der Waals surface area contributed by atoms with Crippen LogP contribution in [0.15, 0.2) is 85.6 Å². The quantitative estimate of drug-likeness (QED) is 0.164. The highest BCUT2D eigenvalue weighted by Gasteiger charge is 2.18. The number of rotatable bonds is 9. The molecule has 0 aliphatic rings. The first-order chi connectivity index (χ1) is 21.7. The number of halogens is 1. The van der Waals surface area contributed by atoms with Gasteiger partial charge in [-0.25, -0.2) is 4.39 Å². The smallest absolute Gasteiger partial charge is 0.290 e. The molecular formula is C37H42FN3O4. The largest absolute Gasteiger partial charge is 0.496 e. The summed E-state index contributed by atoms with van der Waals surface area (Å²) in [5.74, 6) is 1.32. The number of fused-ring (bicyclic) bond motifs is 1. The zero-order chi connectivity index (χ0) is 32.9. The fourth-order valence-electron chi connectivity index (χ4n) is 5.42. The standard InChI is InChI=1S/C27H30N2O2.C9H10FN.CH2O2/c1-5-9-20-10-7-12-23-22(20)11-8-13-24(23)27-25(30-3)16-19(17-26(27)31-4)18-29-21(6-2)14-15-28-29;1-6-4-3-5-8(10)9(6)7(2)11;2-1-3/h7-8,10-17H,5-6,9,18H2,1-4H3;3-5H,2,11H2,1H3;1H,(H,2,3). The van der Waals surface area contributed by atoms with Crippen LogP contribution in [0, 0.1) is 12.7 Å². The Kier molecular flexibility index (Phi) is 12.7. The van der Waals surface area contributed by atoms with Crippen LogP contribution in [0.2, 0.25) is 0 Å². The summed E-state index contributed by atoms with van der Waals surface area (Å²) in [5, 5.41) is 13.9. The lowest BCUT2D eigenvalue weighted by Crippen LogP contribution is -2.06. The summed E-state index contributed by atoms with van der Waals surface area (Å²) >= 11 is 0. The molecule has 0 aliphatic heterocycles. The molecule has 5 aromatic rings. The fraction of sp³-hybridized carbons (Fsp3) is 0.243. The van der Waals surface area contributed by atoms with Gasteiger partial charge >= 0.3 is 0 Å². The third-order valence-electron chi connectivity index (χ3n) is 7.41. The van der Waals surface area contributed by atoms with E-state index in [1.807, 2.05) is 10.9 Å². The minimum Gasteiger partial charge on any atom is -0.496 e. The molecule has 8 heteroatoms. The number of methoxy groups -OCH3 is 2. The molecule has 5 rings (SSSR count). The number of carboxylic acid groups (broad SMARTS) is 1. The van der Waals surface area contributed by atoms with E-state index in [4.69, 9.17) is 25.1 Å². The van der Waals surface area contributed by atoms with Crippen LogP contribution >= 0.6 is 0 Å². The summed E-state index contributed by atoms with van der Waals surface area (Å²) in [7, 11) is 3.45. The molecule has 0 spiro atoms. The van der Waals surface area contributed by atoms with E-state index in [2.05, 4.69) is 80.1 Å². The summed E-state index contributed by atoms with van der Waals surface area (Å²) in [6.45, 7) is 10.1. The molecule has 7 nitrogen and oxygen atoms in total. The minimum absolute atomic E-state index is 0.250. The molecule has 0 saturated heterocycles. The first-order valence-electron chi connectivity index (χ1n) is 14.8. The van der Waals surface area contributed by atoms with E-state index in [1.54, 1.807) is 33.3 Å². The molecule has 0 amide bonds. The van der Waals surface area contributed by atoms with Gasteiger partial charge in [0.15, 0.2) is 0 Å². The molecule has 0 atom stereocenters. The van der Waals surface area contributed by atoms with E-state index in [-0.39, 0.29) is 18.0 Å². The average molecular weight is 612 g/mol. The number of aromatic nitrogens is 2. The van der Waals surface area contributed by atoms with Gasteiger partial charge < -0.3 is 20.3 Å². The van der Waals surface area contributed by atoms with Crippen molar-refractivity contribution < 1.29 is 23.8 Å². The van der Waals surface area contributed by atoms with Crippen LogP contribution < -0.4 is 15.2 Å². The van der Waals surface area contributed by atoms with E-state index >= 15 is 0 Å². The number of ether oxygens (including phenoxy) is 2. The summed E-state index contributed by atoms with van der Waals surface area (Å²) in [6, 6.07) is 24.1. The summed E-state index contributed by atoms with van der Waals surface area (Å²) in [4.78, 5) is 8.36. The van der Waals surface area contributed by atoms with Crippen molar-refractivity contribution in [3.8, 4) is 22.6 Å². The molecular weight excluding hydrogens is 569 g/mol. The number of aryl methyl sites for hydroxylation is 3. The highest BCUT2D eigenvalue weighted by atomic mass is 19.1. The van der Waals surface area contributed by atoms with Crippen molar-refractivity contribution in [3.63, 3.8) is 0 Å². The maximum atomic E-state index is 13.0. The molecule has 3 N–H and O–H groups in total. The Balaban J connectivity index is 0.000000329. The van der Waals surface area contributed by atoms with Gasteiger partial charge in [0.1, 0.15) is 17.3 Å². The third-order valence-corrected chi connectivity index (χ3v) is 7.41. The number of hydrogen-bond acceptors (Lipinski definition) is 5. The fourth-order valence-corrected chi connectivity index (χ4v) is 5.42. The second-order valence-corrected chi connectivity index (χ2v) is 10.3. The molecule has 0 unspecified atom stereocenters. The van der Waals surface area contributed by atoms with Gasteiger partial charge in [-0.1, -0.05) is 75.4 Å². The number of benzene rings is 4. The molecule has 0 aliphatic carbocycles. The number of carbonyl (C=O) groups is 1. The minimum atomic E-state index is -0.308. The number of hydrogen-bond donors (Lipinski definition) is 2. The lowest BCUT2D eigenvalue weighted by atomic mass is 9.92. The van der Waals surface area contributed by atoms with Crippen LogP contribution in [0.1, 0.15) is 48.2 Å². The van der Waals surface area contributed by atoms with Crippen LogP contribution in [0.3, 0.4) is 0 Å². The van der Waals surface area contributed by atoms with Gasteiger partial charge in [-0.2, -0.15) is 5.10 Å². The lowest BCUT2D eigenvalue weighted by Gasteiger charge is -2.18. The molecule has 45 heavy (non-hydrogen) atoms. The Hall–Kier alpha value is -5.11. The molecule has 236 valence electrons. The molecule has 0 saturated carbocycles. The van der Waals surface area contributed by atoms with Gasteiger partial charge in [-0.3, -0.25) is 9.48 Å². The zero-order valence-corrected chi connectivity index (χ0v) is 26.6. The lowest BCUT2D eigenvalue weighted by molar-refractivity contribution is -0.122. The van der Waals surface area contributed by atoms with Crippen molar-refractivity contribution in [1.82, 2.24) is 9.78 Å². The molecule has 0 fully saturated rings. The maximum Gasteiger partial charge on any atom is 0.290 e. The Labute approximate surface area is 264 Å². The first-order valence-corrected chi connectivity index (χ1v) is 14.8. The van der Waals surface area contributed by atoms with Crippen molar-refractivity contribution in [1.29, 1.82) is 0 Å². The molecule has 4 aromatic carbocycles. The van der Waals surface area contributed by atoms with Gasteiger partial charge in [0.25, 0.3) is 6.47 Å². The van der Waals surface area contributed by atoms with E-state index < -0.39 is 0 Å². The van der Waals surface area contributed by atoms with E-state index in [0.717, 1.165) is 53.0 Å². The van der Waals surface area contributed by atoms with Crippen LogP contribution in [0.4, 0.5) is 4.39 Å². The Morgan fingerprint density at radius 1 is 1.00 bits per heavy atom. The van der Waals surface area contributed by atoms with Gasteiger partial charge in [0.2, 0.25) is 0 Å². The topological polar surface area (TPSA) is 99.6 Å². The van der Waals surface area contributed by atoms with E-state index in [1.165, 1.54) is 28.1 Å². The predicted octanol–water partition coefficient (Wildman–Crippen LogP) is 8.05. The van der Waals surface area contributed by atoms with Crippen molar-refractivity contribution in [2.24, 2.45) is 5.73 Å². The third kappa shape index (κ3) is 8.29. The summed E-state index contributed by atoms with van der Waals surface area (Å²) in [5.41, 5.74) is 12.7. The van der Waals surface area contributed by atoms with Crippen molar-refractivity contribution in [3.05, 3.63) is 119 Å². The van der Waals surface area contributed by atoms with Crippen molar-refractivity contribution in [2.75, 3.05) is 14.2 Å². The maximum absolute atomic E-state index is 13.0. The Bertz CT molecular complexity index is 1700. The highest BCUT2D eigenvalue weighted by Crippen LogP contribution is 2.43. The first kappa shape index (κ1) is 34.4. The van der Waals surface area contributed by atoms with Gasteiger partial charge in [0.05, 0.1) is 26.3 Å². The van der Waals surface area contributed by atoms with Crippen LogP contribution in [-0.2, 0) is 24.2 Å². The van der Waals surface area contributed by atoms with Crippen molar-refractivity contribution in [2.45, 2.75) is 46.6 Å². The summed E-state index contributed by atoms with van der Waals surface area (Å²) < 4.78 is 26.7. The Morgan fingerprint density at radius 3 is 2.18 bits per heavy atom. The predicted molar refractivity (Wildman–Crippen MR) is 180 cm³/mol. The zero-order valence-electron chi connectivity index (χ0n) is 26.6. The van der Waals surface area contributed by atoms with Gasteiger partial charge in [-0.15, -0.1) is 0 Å². The highest BCUT2D eigenvalue weighted by molar-refractivity contribution is 6.01. The second kappa shape index (κ2) is 16.7. The SMILES string of the molecule is C=C(N)c1c(C)cccc1F.CCCc1cccc2c(-c3c(OC)cc(Cn4nccc4CC)cc3OC)cccc12.O=CO. The van der Waals surface area contributed by atoms with Crippen LogP contribution in [0.5, 0.6) is 11.5 Å². The monoisotopic (exact) mass is 611 g/mol. The molecule has 0 bridgehead atoms. The normalized spacial score (nSPS) is 10.3. The van der Waals surface area contributed by atoms with Crippen molar-refractivity contribution >= 4 is 22.9 Å². The second-order valence-electron chi connectivity index (χ2n) is 10.3. The molecule has 1 heterocycles. The average Bonchev–Trinajstić information content (AvgIpc) is 3.48. The summed E-state index contributed by atoms with van der Waals surface area (Å²) in [6.07, 6.45) is 4.99. The van der Waals surface area contributed by atoms with Crippen LogP contribution in [-0.4, -0.2) is 35.6 Å². The molecule has 1 aromatic heterocycles. The van der Waals surface area contributed by atoms with E-state index in [9.17, 15) is 4.39 Å².